The lowest BCUT2D eigenvalue weighted by atomic mass is 10.2. The van der Waals surface area contributed by atoms with E-state index in [9.17, 15) is 9.59 Å². The number of furan rings is 1. The van der Waals surface area contributed by atoms with Gasteiger partial charge in [0.2, 0.25) is 0 Å². The van der Waals surface area contributed by atoms with Crippen LogP contribution in [0.1, 0.15) is 16.1 Å². The minimum absolute atomic E-state index is 0.207. The zero-order valence-corrected chi connectivity index (χ0v) is 6.61. The molecule has 1 aromatic heterocycles. The minimum Gasteiger partial charge on any atom is -0.481 e. The predicted molar refractivity (Wildman–Crippen MR) is 41.7 cm³/mol. The van der Waals surface area contributed by atoms with Gasteiger partial charge in [-0.1, -0.05) is 0 Å². The normalized spacial score (nSPS) is 9.62. The summed E-state index contributed by atoms with van der Waals surface area (Å²) in [7, 11) is 0. The number of amides is 1. The molecular formula is C7H8N2O4. The molecule has 0 aliphatic carbocycles. The van der Waals surface area contributed by atoms with Gasteiger partial charge in [-0.15, -0.1) is 0 Å². The zero-order chi connectivity index (χ0) is 9.84. The summed E-state index contributed by atoms with van der Waals surface area (Å²) >= 11 is 0. The molecule has 6 heteroatoms. The Morgan fingerprint density at radius 2 is 2.31 bits per heavy atom. The Balaban J connectivity index is 2.74. The number of carboxylic acids is 1. The number of nitrogens with one attached hydrogen (secondary N) is 1. The molecule has 70 valence electrons. The number of rotatable bonds is 3. The molecule has 1 rings (SSSR count). The van der Waals surface area contributed by atoms with E-state index in [1.807, 2.05) is 5.43 Å². The van der Waals surface area contributed by atoms with E-state index in [-0.39, 0.29) is 17.7 Å². The van der Waals surface area contributed by atoms with Gasteiger partial charge in [-0.05, 0) is 6.07 Å². The van der Waals surface area contributed by atoms with Gasteiger partial charge in [-0.25, -0.2) is 5.84 Å². The van der Waals surface area contributed by atoms with Crippen LogP contribution in [-0.4, -0.2) is 17.0 Å². The molecule has 0 unspecified atom stereocenters. The van der Waals surface area contributed by atoms with Crippen molar-refractivity contribution in [3.05, 3.63) is 23.7 Å². The fraction of sp³-hybridized carbons (Fsp3) is 0.143. The molecule has 1 amide bonds. The third-order valence-corrected chi connectivity index (χ3v) is 1.37. The second-order valence-corrected chi connectivity index (χ2v) is 2.35. The lowest BCUT2D eigenvalue weighted by Crippen LogP contribution is -2.29. The van der Waals surface area contributed by atoms with Gasteiger partial charge in [-0.2, -0.15) is 0 Å². The molecule has 0 saturated carbocycles. The maximum absolute atomic E-state index is 10.9. The number of hydrogen-bond acceptors (Lipinski definition) is 4. The van der Waals surface area contributed by atoms with Crippen LogP contribution in [0.25, 0.3) is 0 Å². The highest BCUT2D eigenvalue weighted by molar-refractivity contribution is 5.93. The molecule has 13 heavy (non-hydrogen) atoms. The van der Waals surface area contributed by atoms with E-state index in [0.717, 1.165) is 6.26 Å². The number of aliphatic carboxylic acids is 1. The molecule has 0 atom stereocenters. The van der Waals surface area contributed by atoms with Crippen LogP contribution in [0.2, 0.25) is 0 Å². The van der Waals surface area contributed by atoms with Gasteiger partial charge in [-0.3, -0.25) is 15.0 Å². The van der Waals surface area contributed by atoms with Crippen LogP contribution in [0, 0.1) is 0 Å². The monoisotopic (exact) mass is 184 g/mol. The lowest BCUT2D eigenvalue weighted by Gasteiger charge is -1.90. The van der Waals surface area contributed by atoms with Crippen molar-refractivity contribution in [2.45, 2.75) is 6.42 Å². The molecule has 0 aliphatic heterocycles. The molecule has 4 N–H and O–H groups in total. The fourth-order valence-corrected chi connectivity index (χ4v) is 0.825. The molecular weight excluding hydrogens is 176 g/mol. The zero-order valence-electron chi connectivity index (χ0n) is 6.61. The molecule has 0 aromatic carbocycles. The average Bonchev–Trinajstić information content (AvgIpc) is 2.50. The van der Waals surface area contributed by atoms with Crippen LogP contribution in [0.4, 0.5) is 0 Å². The van der Waals surface area contributed by atoms with Crippen molar-refractivity contribution in [1.82, 2.24) is 5.43 Å². The number of nitrogen functional groups attached to an aromatic ring is 1. The fourth-order valence-electron chi connectivity index (χ4n) is 0.825. The Bertz CT molecular complexity index is 331. The molecule has 0 saturated heterocycles. The summed E-state index contributed by atoms with van der Waals surface area (Å²) in [5, 5.41) is 8.39. The third-order valence-electron chi connectivity index (χ3n) is 1.37. The van der Waals surface area contributed by atoms with Gasteiger partial charge in [0.15, 0.2) is 0 Å². The Kier molecular flexibility index (Phi) is 2.65. The Morgan fingerprint density at radius 1 is 1.62 bits per heavy atom. The largest absolute Gasteiger partial charge is 0.481 e. The maximum atomic E-state index is 10.9. The minimum atomic E-state index is -1.02. The van der Waals surface area contributed by atoms with Gasteiger partial charge in [0, 0.05) is 0 Å². The Morgan fingerprint density at radius 3 is 2.85 bits per heavy atom. The summed E-state index contributed by atoms with van der Waals surface area (Å²) < 4.78 is 4.80. The van der Waals surface area contributed by atoms with Crippen molar-refractivity contribution in [3.8, 4) is 0 Å². The van der Waals surface area contributed by atoms with Gasteiger partial charge >= 0.3 is 5.97 Å². The standard InChI is InChI=1S/C7H8N2O4/c8-9-7(12)4-1-5(13-3-4)2-6(10)11/h1,3H,2,8H2,(H,9,12)(H,10,11). The predicted octanol–water partition coefficient (Wildman–Crippen LogP) is -0.490. The number of hydrogen-bond donors (Lipinski definition) is 3. The smallest absolute Gasteiger partial charge is 0.311 e. The highest BCUT2D eigenvalue weighted by Gasteiger charge is 2.10. The summed E-state index contributed by atoms with van der Waals surface area (Å²) in [5.74, 6) is 3.54. The molecule has 0 radical (unpaired) electrons. The van der Waals surface area contributed by atoms with Gasteiger partial charge in [0.25, 0.3) is 5.91 Å². The SMILES string of the molecule is NNC(=O)c1coc(CC(=O)O)c1. The quantitative estimate of drug-likeness (QED) is 0.334. The second kappa shape index (κ2) is 3.72. The molecule has 0 spiro atoms. The van der Waals surface area contributed by atoms with Crippen molar-refractivity contribution in [2.75, 3.05) is 0 Å². The molecule has 1 heterocycles. The summed E-state index contributed by atoms with van der Waals surface area (Å²) in [4.78, 5) is 21.1. The number of carbonyl (C=O) groups is 2. The van der Waals surface area contributed by atoms with Crippen molar-refractivity contribution in [2.24, 2.45) is 5.84 Å². The highest BCUT2D eigenvalue weighted by atomic mass is 16.4. The van der Waals surface area contributed by atoms with E-state index in [4.69, 9.17) is 15.4 Å². The van der Waals surface area contributed by atoms with Crippen LogP contribution < -0.4 is 11.3 Å². The average molecular weight is 184 g/mol. The van der Waals surface area contributed by atoms with Gasteiger partial charge in [0.05, 0.1) is 5.56 Å². The molecule has 0 bridgehead atoms. The highest BCUT2D eigenvalue weighted by Crippen LogP contribution is 2.07. The first-order valence-electron chi connectivity index (χ1n) is 3.43. The molecule has 0 fully saturated rings. The van der Waals surface area contributed by atoms with Gasteiger partial charge < -0.3 is 9.52 Å². The topological polar surface area (TPSA) is 106 Å². The number of carboxylic acid groups (broad SMARTS) is 1. The maximum Gasteiger partial charge on any atom is 0.311 e. The van der Waals surface area contributed by atoms with Gasteiger partial charge in [0.1, 0.15) is 18.4 Å². The van der Waals surface area contributed by atoms with E-state index >= 15 is 0 Å². The van der Waals surface area contributed by atoms with Crippen LogP contribution >= 0.6 is 0 Å². The first-order chi connectivity index (χ1) is 6.13. The first-order valence-corrected chi connectivity index (χ1v) is 3.43. The van der Waals surface area contributed by atoms with Crippen LogP contribution in [0.15, 0.2) is 16.7 Å². The van der Waals surface area contributed by atoms with E-state index in [1.54, 1.807) is 0 Å². The van der Waals surface area contributed by atoms with E-state index in [0.29, 0.717) is 0 Å². The van der Waals surface area contributed by atoms with Crippen molar-refractivity contribution >= 4 is 11.9 Å². The van der Waals surface area contributed by atoms with Crippen molar-refractivity contribution in [3.63, 3.8) is 0 Å². The molecule has 1 aromatic rings. The number of nitrogens with two attached hydrogens (primary N) is 1. The number of hydrazine groups is 1. The Hall–Kier alpha value is -1.82. The van der Waals surface area contributed by atoms with E-state index in [1.165, 1.54) is 6.07 Å². The summed E-state index contributed by atoms with van der Waals surface area (Å²) in [5.41, 5.74) is 2.11. The molecule has 0 aliphatic rings. The van der Waals surface area contributed by atoms with E-state index in [2.05, 4.69) is 0 Å². The van der Waals surface area contributed by atoms with Crippen molar-refractivity contribution < 1.29 is 19.1 Å². The summed E-state index contributed by atoms with van der Waals surface area (Å²) in [6.45, 7) is 0. The van der Waals surface area contributed by atoms with Crippen LogP contribution in [-0.2, 0) is 11.2 Å². The number of carbonyl (C=O) groups excluding carboxylic acids is 1. The third kappa shape index (κ3) is 2.31. The molecule has 6 nitrogen and oxygen atoms in total. The first kappa shape index (κ1) is 9.27. The van der Waals surface area contributed by atoms with E-state index < -0.39 is 11.9 Å². The van der Waals surface area contributed by atoms with Crippen LogP contribution in [0.5, 0.6) is 0 Å². The second-order valence-electron chi connectivity index (χ2n) is 2.35. The summed E-state index contributed by atoms with van der Waals surface area (Å²) in [6.07, 6.45) is 0.901. The summed E-state index contributed by atoms with van der Waals surface area (Å²) in [6, 6.07) is 1.33. The Labute approximate surface area is 73.3 Å². The van der Waals surface area contributed by atoms with Crippen LogP contribution in [0.3, 0.4) is 0 Å². The van der Waals surface area contributed by atoms with Crippen molar-refractivity contribution in [1.29, 1.82) is 0 Å². The lowest BCUT2D eigenvalue weighted by molar-refractivity contribution is -0.136.